The first kappa shape index (κ1) is 14.3. The van der Waals surface area contributed by atoms with Gasteiger partial charge in [0.15, 0.2) is 0 Å². The fourth-order valence-corrected chi connectivity index (χ4v) is 2.98. The molecule has 2 amide bonds. The number of rotatable bonds is 3. The third kappa shape index (κ3) is 3.93. The van der Waals surface area contributed by atoms with Gasteiger partial charge in [0, 0.05) is 31.6 Å². The van der Waals surface area contributed by atoms with Crippen molar-refractivity contribution in [2.24, 2.45) is 5.92 Å². The Morgan fingerprint density at radius 1 is 1.26 bits per heavy atom. The minimum atomic E-state index is 0.0400. The molecule has 0 spiro atoms. The van der Waals surface area contributed by atoms with Gasteiger partial charge in [0.1, 0.15) is 0 Å². The van der Waals surface area contributed by atoms with E-state index in [2.05, 4.69) is 10.6 Å². The van der Waals surface area contributed by atoms with Crippen LogP contribution in [0, 0.1) is 5.92 Å². The van der Waals surface area contributed by atoms with Crippen LogP contribution in [0.4, 0.5) is 0 Å². The second-order valence-corrected chi connectivity index (χ2v) is 5.69. The van der Waals surface area contributed by atoms with Crippen molar-refractivity contribution in [3.8, 4) is 0 Å². The van der Waals surface area contributed by atoms with Crippen LogP contribution in [0.15, 0.2) is 0 Å². The Balaban J connectivity index is 1.74. The van der Waals surface area contributed by atoms with E-state index in [0.29, 0.717) is 0 Å². The number of carbonyl (C=O) groups is 2. The molecule has 108 valence electrons. The van der Waals surface area contributed by atoms with E-state index in [0.717, 1.165) is 45.3 Å². The second-order valence-electron chi connectivity index (χ2n) is 5.69. The molecule has 0 radical (unpaired) electrons. The highest BCUT2D eigenvalue weighted by atomic mass is 16.2. The molecule has 1 atom stereocenters. The third-order valence-electron chi connectivity index (χ3n) is 4.21. The van der Waals surface area contributed by atoms with Crippen LogP contribution in [0.3, 0.4) is 0 Å². The highest BCUT2D eigenvalue weighted by molar-refractivity contribution is 5.86. The number of nitrogens with one attached hydrogen (secondary N) is 2. The first-order valence-corrected chi connectivity index (χ1v) is 7.46. The maximum atomic E-state index is 12.1. The van der Waals surface area contributed by atoms with Gasteiger partial charge in [-0.15, -0.1) is 0 Å². The highest BCUT2D eigenvalue weighted by Gasteiger charge is 2.25. The zero-order chi connectivity index (χ0) is 13.7. The molecule has 2 N–H and O–H groups in total. The SMILES string of the molecule is C[C@@H]1CNCCN1C(=O)CNC(=O)C1CCCCC1. The molecule has 0 unspecified atom stereocenters. The van der Waals surface area contributed by atoms with Crippen molar-refractivity contribution < 1.29 is 9.59 Å². The normalized spacial score (nSPS) is 25.1. The van der Waals surface area contributed by atoms with E-state index in [4.69, 9.17) is 0 Å². The Bertz CT molecular complexity index is 327. The minimum Gasteiger partial charge on any atom is -0.347 e. The largest absolute Gasteiger partial charge is 0.347 e. The summed E-state index contributed by atoms with van der Waals surface area (Å²) in [6.07, 6.45) is 5.47. The van der Waals surface area contributed by atoms with Gasteiger partial charge in [0.25, 0.3) is 0 Å². The molecule has 0 aromatic heterocycles. The summed E-state index contributed by atoms with van der Waals surface area (Å²) >= 11 is 0. The lowest BCUT2D eigenvalue weighted by molar-refractivity contribution is -0.136. The van der Waals surface area contributed by atoms with Crippen molar-refractivity contribution in [3.63, 3.8) is 0 Å². The van der Waals surface area contributed by atoms with E-state index < -0.39 is 0 Å². The monoisotopic (exact) mass is 267 g/mol. The Hall–Kier alpha value is -1.10. The molecule has 1 saturated carbocycles. The lowest BCUT2D eigenvalue weighted by Gasteiger charge is -2.34. The first-order chi connectivity index (χ1) is 9.18. The lowest BCUT2D eigenvalue weighted by atomic mass is 9.89. The molecule has 5 nitrogen and oxygen atoms in total. The van der Waals surface area contributed by atoms with E-state index in [1.807, 2.05) is 11.8 Å². The zero-order valence-electron chi connectivity index (χ0n) is 11.8. The summed E-state index contributed by atoms with van der Waals surface area (Å²) in [4.78, 5) is 25.9. The van der Waals surface area contributed by atoms with Gasteiger partial charge < -0.3 is 15.5 Å². The van der Waals surface area contributed by atoms with Crippen LogP contribution in [0.2, 0.25) is 0 Å². The van der Waals surface area contributed by atoms with Gasteiger partial charge in [0.2, 0.25) is 11.8 Å². The maximum absolute atomic E-state index is 12.1. The molecule has 1 aliphatic heterocycles. The molecule has 0 aromatic carbocycles. The zero-order valence-corrected chi connectivity index (χ0v) is 11.8. The Morgan fingerprint density at radius 3 is 2.68 bits per heavy atom. The van der Waals surface area contributed by atoms with Crippen molar-refractivity contribution >= 4 is 11.8 Å². The van der Waals surface area contributed by atoms with E-state index in [1.54, 1.807) is 0 Å². The van der Waals surface area contributed by atoms with Crippen LogP contribution in [0.1, 0.15) is 39.0 Å². The van der Waals surface area contributed by atoms with E-state index >= 15 is 0 Å². The molecule has 0 aromatic rings. The maximum Gasteiger partial charge on any atom is 0.242 e. The molecule has 19 heavy (non-hydrogen) atoms. The fraction of sp³-hybridized carbons (Fsp3) is 0.857. The molecule has 2 aliphatic rings. The fourth-order valence-electron chi connectivity index (χ4n) is 2.98. The predicted octanol–water partition coefficient (Wildman–Crippen LogP) is 0.503. The standard InChI is InChI=1S/C14H25N3O2/c1-11-9-15-7-8-17(11)13(18)10-16-14(19)12-5-3-2-4-6-12/h11-12,15H,2-10H2,1H3,(H,16,19)/t11-/m1/s1. The quantitative estimate of drug-likeness (QED) is 0.783. The van der Waals surface area contributed by atoms with E-state index in [1.165, 1.54) is 6.42 Å². The molecular weight excluding hydrogens is 242 g/mol. The van der Waals surface area contributed by atoms with Gasteiger partial charge in [-0.3, -0.25) is 9.59 Å². The Morgan fingerprint density at radius 2 is 2.00 bits per heavy atom. The first-order valence-electron chi connectivity index (χ1n) is 7.46. The summed E-state index contributed by atoms with van der Waals surface area (Å²) in [5.74, 6) is 0.232. The van der Waals surface area contributed by atoms with Gasteiger partial charge >= 0.3 is 0 Å². The van der Waals surface area contributed by atoms with Gasteiger partial charge in [-0.1, -0.05) is 19.3 Å². The van der Waals surface area contributed by atoms with Crippen molar-refractivity contribution in [1.82, 2.24) is 15.5 Å². The predicted molar refractivity (Wildman–Crippen MR) is 73.6 cm³/mol. The number of nitrogens with zero attached hydrogens (tertiary/aromatic N) is 1. The molecule has 1 heterocycles. The van der Waals surface area contributed by atoms with Crippen molar-refractivity contribution in [2.45, 2.75) is 45.1 Å². The van der Waals surface area contributed by atoms with Crippen LogP contribution in [-0.2, 0) is 9.59 Å². The van der Waals surface area contributed by atoms with Crippen LogP contribution >= 0.6 is 0 Å². The molecule has 1 saturated heterocycles. The third-order valence-corrected chi connectivity index (χ3v) is 4.21. The average molecular weight is 267 g/mol. The summed E-state index contributed by atoms with van der Waals surface area (Å²) in [5, 5.41) is 6.07. The van der Waals surface area contributed by atoms with E-state index in [9.17, 15) is 9.59 Å². The Kier molecular flexibility index (Phi) is 5.19. The highest BCUT2D eigenvalue weighted by Crippen LogP contribution is 2.23. The summed E-state index contributed by atoms with van der Waals surface area (Å²) in [7, 11) is 0. The molecule has 1 aliphatic carbocycles. The summed E-state index contributed by atoms with van der Waals surface area (Å²) in [5.41, 5.74) is 0. The Labute approximate surface area is 115 Å². The lowest BCUT2D eigenvalue weighted by Crippen LogP contribution is -2.54. The van der Waals surface area contributed by atoms with Gasteiger partial charge in [-0.2, -0.15) is 0 Å². The smallest absolute Gasteiger partial charge is 0.242 e. The van der Waals surface area contributed by atoms with Crippen LogP contribution < -0.4 is 10.6 Å². The number of hydrogen-bond donors (Lipinski definition) is 2. The molecule has 5 heteroatoms. The van der Waals surface area contributed by atoms with Crippen LogP contribution in [0.5, 0.6) is 0 Å². The van der Waals surface area contributed by atoms with Gasteiger partial charge in [-0.25, -0.2) is 0 Å². The van der Waals surface area contributed by atoms with Crippen LogP contribution in [0.25, 0.3) is 0 Å². The topological polar surface area (TPSA) is 61.4 Å². The molecule has 2 rings (SSSR count). The van der Waals surface area contributed by atoms with Gasteiger partial charge in [0.05, 0.1) is 6.54 Å². The van der Waals surface area contributed by atoms with E-state index in [-0.39, 0.29) is 30.3 Å². The average Bonchev–Trinajstić information content (AvgIpc) is 2.46. The number of piperazine rings is 1. The van der Waals surface area contributed by atoms with Crippen molar-refractivity contribution in [3.05, 3.63) is 0 Å². The van der Waals surface area contributed by atoms with Gasteiger partial charge in [-0.05, 0) is 19.8 Å². The number of amides is 2. The van der Waals surface area contributed by atoms with Crippen molar-refractivity contribution in [1.29, 1.82) is 0 Å². The molecule has 0 bridgehead atoms. The molecule has 2 fully saturated rings. The number of carbonyl (C=O) groups excluding carboxylic acids is 2. The van der Waals surface area contributed by atoms with Crippen LogP contribution in [-0.4, -0.2) is 48.9 Å². The second kappa shape index (κ2) is 6.89. The summed E-state index contributed by atoms with van der Waals surface area (Å²) in [6.45, 7) is 4.60. The van der Waals surface area contributed by atoms with Crippen molar-refractivity contribution in [2.75, 3.05) is 26.2 Å². The number of hydrogen-bond acceptors (Lipinski definition) is 3. The minimum absolute atomic E-state index is 0.0400. The summed E-state index contributed by atoms with van der Waals surface area (Å²) < 4.78 is 0. The molecular formula is C14H25N3O2. The summed E-state index contributed by atoms with van der Waals surface area (Å²) in [6, 6.07) is 0.216.